The molecule has 1 N–H and O–H groups in total. The number of aromatic nitrogens is 1. The molecule has 3 nitrogen and oxygen atoms in total. The summed E-state index contributed by atoms with van der Waals surface area (Å²) in [6, 6.07) is 4.80. The third-order valence-electron chi connectivity index (χ3n) is 3.28. The van der Waals surface area contributed by atoms with Gasteiger partial charge in [-0.1, -0.05) is 0 Å². The van der Waals surface area contributed by atoms with Gasteiger partial charge in [-0.25, -0.2) is 0 Å². The SMILES string of the molecule is OCc1cnccc1N(Cc1ccsc1)C1CC1. The standard InChI is InChI=1S/C14H16N2OS/c17-9-12-7-15-5-3-14(12)16(13-1-2-13)8-11-4-6-18-10-11/h3-7,10,13,17H,1-2,8-9H2. The zero-order valence-corrected chi connectivity index (χ0v) is 10.9. The van der Waals surface area contributed by atoms with Crippen molar-refractivity contribution in [3.63, 3.8) is 0 Å². The molecule has 1 fully saturated rings. The molecule has 0 aliphatic heterocycles. The van der Waals surface area contributed by atoms with Crippen LogP contribution in [0.1, 0.15) is 24.0 Å². The molecule has 94 valence electrons. The lowest BCUT2D eigenvalue weighted by molar-refractivity contribution is 0.281. The molecule has 1 aliphatic carbocycles. The van der Waals surface area contributed by atoms with Gasteiger partial charge in [0.25, 0.3) is 0 Å². The van der Waals surface area contributed by atoms with Crippen molar-refractivity contribution >= 4 is 17.0 Å². The van der Waals surface area contributed by atoms with Gasteiger partial charge in [-0.05, 0) is 41.3 Å². The summed E-state index contributed by atoms with van der Waals surface area (Å²) in [5.41, 5.74) is 3.38. The molecule has 4 heteroatoms. The average Bonchev–Trinajstić information content (AvgIpc) is 3.13. The van der Waals surface area contributed by atoms with Crippen LogP contribution in [0.5, 0.6) is 0 Å². The number of pyridine rings is 1. The third kappa shape index (κ3) is 2.40. The van der Waals surface area contributed by atoms with E-state index in [0.717, 1.165) is 17.8 Å². The number of hydrogen-bond acceptors (Lipinski definition) is 4. The Bertz CT molecular complexity index is 508. The lowest BCUT2D eigenvalue weighted by Gasteiger charge is -2.26. The van der Waals surface area contributed by atoms with E-state index in [4.69, 9.17) is 0 Å². The Balaban J connectivity index is 1.89. The molecule has 0 bridgehead atoms. The van der Waals surface area contributed by atoms with E-state index in [-0.39, 0.29) is 6.61 Å². The van der Waals surface area contributed by atoms with Crippen LogP contribution in [0.4, 0.5) is 5.69 Å². The van der Waals surface area contributed by atoms with Gasteiger partial charge in [0, 0.05) is 36.2 Å². The van der Waals surface area contributed by atoms with Crippen LogP contribution in [0.25, 0.3) is 0 Å². The van der Waals surface area contributed by atoms with Gasteiger partial charge < -0.3 is 10.0 Å². The number of nitrogens with zero attached hydrogens (tertiary/aromatic N) is 2. The van der Waals surface area contributed by atoms with Gasteiger partial charge in [0.05, 0.1) is 6.61 Å². The molecular weight excluding hydrogens is 244 g/mol. The van der Waals surface area contributed by atoms with Crippen molar-refractivity contribution in [1.82, 2.24) is 4.98 Å². The highest BCUT2D eigenvalue weighted by Gasteiger charge is 2.30. The monoisotopic (exact) mass is 260 g/mol. The number of thiophene rings is 1. The molecule has 0 unspecified atom stereocenters. The van der Waals surface area contributed by atoms with Gasteiger partial charge >= 0.3 is 0 Å². The Morgan fingerprint density at radius 2 is 2.28 bits per heavy atom. The molecule has 0 aromatic carbocycles. The van der Waals surface area contributed by atoms with Crippen LogP contribution in [-0.4, -0.2) is 16.1 Å². The van der Waals surface area contributed by atoms with Crippen molar-refractivity contribution in [3.05, 3.63) is 46.4 Å². The zero-order valence-electron chi connectivity index (χ0n) is 10.1. The molecule has 2 aromatic heterocycles. The van der Waals surface area contributed by atoms with Gasteiger partial charge in [-0.3, -0.25) is 4.98 Å². The number of aliphatic hydroxyl groups excluding tert-OH is 1. The summed E-state index contributed by atoms with van der Waals surface area (Å²) in [5, 5.41) is 13.7. The summed E-state index contributed by atoms with van der Waals surface area (Å²) in [6.45, 7) is 0.973. The number of aliphatic hydroxyl groups is 1. The third-order valence-corrected chi connectivity index (χ3v) is 4.01. The molecule has 0 spiro atoms. The van der Waals surface area contributed by atoms with Crippen LogP contribution < -0.4 is 4.90 Å². The highest BCUT2D eigenvalue weighted by molar-refractivity contribution is 7.07. The first-order chi connectivity index (χ1) is 8.88. The predicted molar refractivity (Wildman–Crippen MR) is 73.7 cm³/mol. The van der Waals surface area contributed by atoms with Gasteiger partial charge in [0.2, 0.25) is 0 Å². The summed E-state index contributed by atoms with van der Waals surface area (Å²) >= 11 is 1.73. The number of anilines is 1. The molecule has 18 heavy (non-hydrogen) atoms. The molecule has 0 amide bonds. The van der Waals surface area contributed by atoms with Crippen molar-refractivity contribution in [2.24, 2.45) is 0 Å². The van der Waals surface area contributed by atoms with Gasteiger partial charge in [0.1, 0.15) is 0 Å². The molecule has 1 saturated carbocycles. The number of rotatable bonds is 5. The molecule has 2 heterocycles. The topological polar surface area (TPSA) is 36.4 Å². The Morgan fingerprint density at radius 3 is 2.94 bits per heavy atom. The van der Waals surface area contributed by atoms with E-state index >= 15 is 0 Å². The van der Waals surface area contributed by atoms with E-state index in [1.165, 1.54) is 18.4 Å². The number of hydrogen-bond donors (Lipinski definition) is 1. The first kappa shape index (κ1) is 11.7. The van der Waals surface area contributed by atoms with Gasteiger partial charge in [-0.15, -0.1) is 0 Å². The lowest BCUT2D eigenvalue weighted by Crippen LogP contribution is -2.26. The maximum absolute atomic E-state index is 9.43. The van der Waals surface area contributed by atoms with Crippen LogP contribution in [0.3, 0.4) is 0 Å². The van der Waals surface area contributed by atoms with Gasteiger partial charge in [-0.2, -0.15) is 11.3 Å². The maximum atomic E-state index is 9.43. The highest BCUT2D eigenvalue weighted by Crippen LogP contribution is 2.34. The second-order valence-electron chi connectivity index (χ2n) is 4.65. The van der Waals surface area contributed by atoms with Crippen LogP contribution in [0.2, 0.25) is 0 Å². The van der Waals surface area contributed by atoms with E-state index in [1.54, 1.807) is 23.7 Å². The fourth-order valence-electron chi connectivity index (χ4n) is 2.20. The van der Waals surface area contributed by atoms with Crippen LogP contribution >= 0.6 is 11.3 Å². The van der Waals surface area contributed by atoms with Crippen LogP contribution in [0, 0.1) is 0 Å². The fourth-order valence-corrected chi connectivity index (χ4v) is 2.86. The minimum Gasteiger partial charge on any atom is -0.392 e. The van der Waals surface area contributed by atoms with Crippen molar-refractivity contribution in [2.75, 3.05) is 4.90 Å². The fraction of sp³-hybridized carbons (Fsp3) is 0.357. The van der Waals surface area contributed by atoms with Crippen molar-refractivity contribution in [3.8, 4) is 0 Å². The molecule has 3 rings (SSSR count). The maximum Gasteiger partial charge on any atom is 0.0717 e. The van der Waals surface area contributed by atoms with E-state index in [9.17, 15) is 5.11 Å². The van der Waals surface area contributed by atoms with Crippen LogP contribution in [-0.2, 0) is 13.2 Å². The quantitative estimate of drug-likeness (QED) is 0.898. The Hall–Kier alpha value is -1.39. The summed E-state index contributed by atoms with van der Waals surface area (Å²) in [5.74, 6) is 0. The molecule has 1 aliphatic rings. The summed E-state index contributed by atoms with van der Waals surface area (Å²) < 4.78 is 0. The first-order valence-corrected chi connectivity index (χ1v) is 7.14. The van der Waals surface area contributed by atoms with Gasteiger partial charge in [0.15, 0.2) is 0 Å². The zero-order chi connectivity index (χ0) is 12.4. The molecule has 0 atom stereocenters. The average molecular weight is 260 g/mol. The van der Waals surface area contributed by atoms with Crippen LogP contribution in [0.15, 0.2) is 35.3 Å². The summed E-state index contributed by atoms with van der Waals surface area (Å²) in [4.78, 5) is 6.49. The van der Waals surface area contributed by atoms with E-state index < -0.39 is 0 Å². The van der Waals surface area contributed by atoms with Crippen molar-refractivity contribution < 1.29 is 5.11 Å². The minimum absolute atomic E-state index is 0.0516. The van der Waals surface area contributed by atoms with E-state index in [0.29, 0.717) is 6.04 Å². The molecule has 0 saturated heterocycles. The van der Waals surface area contributed by atoms with E-state index in [2.05, 4.69) is 26.7 Å². The summed E-state index contributed by atoms with van der Waals surface area (Å²) in [7, 11) is 0. The van der Waals surface area contributed by atoms with Crippen molar-refractivity contribution in [1.29, 1.82) is 0 Å². The Kier molecular flexibility index (Phi) is 3.30. The Labute approximate surface area is 111 Å². The molecular formula is C14H16N2OS. The normalized spacial score (nSPS) is 14.7. The first-order valence-electron chi connectivity index (χ1n) is 6.20. The summed E-state index contributed by atoms with van der Waals surface area (Å²) in [6.07, 6.45) is 6.06. The second kappa shape index (κ2) is 5.08. The van der Waals surface area contributed by atoms with E-state index in [1.807, 2.05) is 6.07 Å². The molecule has 2 aromatic rings. The largest absolute Gasteiger partial charge is 0.392 e. The lowest BCUT2D eigenvalue weighted by atomic mass is 10.2. The predicted octanol–water partition coefficient (Wildman–Crippen LogP) is 2.80. The Morgan fingerprint density at radius 1 is 1.39 bits per heavy atom. The second-order valence-corrected chi connectivity index (χ2v) is 5.43. The smallest absolute Gasteiger partial charge is 0.0717 e. The molecule has 0 radical (unpaired) electrons. The minimum atomic E-state index is 0.0516. The van der Waals surface area contributed by atoms with Crippen molar-refractivity contribution in [2.45, 2.75) is 32.0 Å². The highest BCUT2D eigenvalue weighted by atomic mass is 32.1.